The second kappa shape index (κ2) is 5.62. The molecule has 0 unspecified atom stereocenters. The first-order chi connectivity index (χ1) is 8.61. The summed E-state index contributed by atoms with van der Waals surface area (Å²) >= 11 is 6.64. The number of hydrogen-bond donors (Lipinski definition) is 2. The monoisotopic (exact) mass is 373 g/mol. The molecule has 2 N–H and O–H groups in total. The van der Waals surface area contributed by atoms with Gasteiger partial charge in [0.15, 0.2) is 6.54 Å². The molecule has 18 heavy (non-hydrogen) atoms. The van der Waals surface area contributed by atoms with Crippen molar-refractivity contribution >= 4 is 43.6 Å². The second-order valence-electron chi connectivity index (χ2n) is 3.53. The molecule has 5 nitrogen and oxygen atoms in total. The van der Waals surface area contributed by atoms with Gasteiger partial charge in [-0.3, -0.25) is 4.79 Å². The third kappa shape index (κ3) is 2.78. The fourth-order valence-corrected chi connectivity index (χ4v) is 2.23. The standard InChI is InChI=1S/C11H10Br2N4O/c1-2-17-10(8(13)6-15-17)11(18)16-9-4-3-7(12)5-14-9/h3-6H,2H2,1H3,(H,14,16,18)/p+1. The summed E-state index contributed by atoms with van der Waals surface area (Å²) in [6.45, 7) is 2.64. The van der Waals surface area contributed by atoms with E-state index in [2.05, 4.69) is 47.3 Å². The van der Waals surface area contributed by atoms with Crippen molar-refractivity contribution in [2.24, 2.45) is 0 Å². The molecule has 2 rings (SSSR count). The SMILES string of the molecule is CC[n+]1[nH]cc(Br)c1C(=O)Nc1ccc(Br)cn1. The van der Waals surface area contributed by atoms with Crippen molar-refractivity contribution in [1.82, 2.24) is 10.1 Å². The molecule has 0 aliphatic carbocycles. The van der Waals surface area contributed by atoms with Crippen LogP contribution in [0.3, 0.4) is 0 Å². The zero-order chi connectivity index (χ0) is 13.1. The first-order valence-electron chi connectivity index (χ1n) is 5.31. The van der Waals surface area contributed by atoms with Crippen LogP contribution in [0.2, 0.25) is 0 Å². The van der Waals surface area contributed by atoms with E-state index in [0.717, 1.165) is 8.95 Å². The molecule has 2 aromatic heterocycles. The van der Waals surface area contributed by atoms with Gasteiger partial charge in [0.1, 0.15) is 10.3 Å². The molecule has 0 spiro atoms. The molecule has 1 amide bonds. The quantitative estimate of drug-likeness (QED) is 0.811. The summed E-state index contributed by atoms with van der Waals surface area (Å²) < 4.78 is 3.34. The third-order valence-corrected chi connectivity index (χ3v) is 3.42. The second-order valence-corrected chi connectivity index (χ2v) is 5.30. The highest BCUT2D eigenvalue weighted by molar-refractivity contribution is 9.10. The topological polar surface area (TPSA) is 61.7 Å². The summed E-state index contributed by atoms with van der Waals surface area (Å²) in [6, 6.07) is 3.56. The molecule has 7 heteroatoms. The molecule has 2 heterocycles. The predicted octanol–water partition coefficient (Wildman–Crippen LogP) is 2.49. The molecule has 0 aliphatic rings. The molecular formula is C11H11Br2N4O+. The molecule has 0 atom stereocenters. The molecule has 0 aromatic carbocycles. The highest BCUT2D eigenvalue weighted by atomic mass is 79.9. The van der Waals surface area contributed by atoms with Gasteiger partial charge < -0.3 is 5.32 Å². The number of anilines is 1. The lowest BCUT2D eigenvalue weighted by molar-refractivity contribution is -0.748. The number of amides is 1. The zero-order valence-electron chi connectivity index (χ0n) is 9.58. The number of nitrogens with one attached hydrogen (secondary N) is 2. The van der Waals surface area contributed by atoms with E-state index in [9.17, 15) is 4.79 Å². The van der Waals surface area contributed by atoms with Crippen LogP contribution in [-0.2, 0) is 6.54 Å². The Morgan fingerprint density at radius 1 is 1.50 bits per heavy atom. The summed E-state index contributed by atoms with van der Waals surface area (Å²) in [6.07, 6.45) is 3.36. The number of rotatable bonds is 3. The van der Waals surface area contributed by atoms with Crippen LogP contribution in [0.15, 0.2) is 33.5 Å². The number of H-pyrrole nitrogens is 1. The average molecular weight is 375 g/mol. The lowest BCUT2D eigenvalue weighted by Gasteiger charge is -2.01. The molecule has 0 bridgehead atoms. The minimum atomic E-state index is -0.209. The van der Waals surface area contributed by atoms with Crippen LogP contribution in [0, 0.1) is 0 Å². The van der Waals surface area contributed by atoms with Gasteiger partial charge in [0.05, 0.1) is 6.20 Å². The number of carbonyl (C=O) groups excluding carboxylic acids is 1. The Kier molecular flexibility index (Phi) is 4.13. The summed E-state index contributed by atoms with van der Waals surface area (Å²) in [5, 5.41) is 5.73. The van der Waals surface area contributed by atoms with Crippen LogP contribution >= 0.6 is 31.9 Å². The van der Waals surface area contributed by atoms with Crippen LogP contribution in [0.1, 0.15) is 17.4 Å². The fraction of sp³-hybridized carbons (Fsp3) is 0.182. The van der Waals surface area contributed by atoms with Gasteiger partial charge in [-0.05, 0) is 50.9 Å². The number of aromatic amines is 1. The normalized spacial score (nSPS) is 10.4. The number of halogens is 2. The molecule has 94 valence electrons. The number of aromatic nitrogens is 3. The van der Waals surface area contributed by atoms with Crippen LogP contribution in [0.4, 0.5) is 5.82 Å². The lowest BCUT2D eigenvalue weighted by Crippen LogP contribution is -2.41. The minimum absolute atomic E-state index is 0.209. The molecular weight excluding hydrogens is 364 g/mol. The Hall–Kier alpha value is -1.21. The molecule has 0 fully saturated rings. The average Bonchev–Trinajstić information content (AvgIpc) is 2.73. The van der Waals surface area contributed by atoms with Crippen molar-refractivity contribution in [3.05, 3.63) is 39.2 Å². The number of nitrogens with zero attached hydrogens (tertiary/aromatic N) is 2. The van der Waals surface area contributed by atoms with Crippen molar-refractivity contribution < 1.29 is 9.48 Å². The number of aryl methyl sites for hydroxylation is 1. The Morgan fingerprint density at radius 3 is 2.89 bits per heavy atom. The summed E-state index contributed by atoms with van der Waals surface area (Å²) in [5.41, 5.74) is 0.544. The summed E-state index contributed by atoms with van der Waals surface area (Å²) in [5.74, 6) is 0.304. The van der Waals surface area contributed by atoms with E-state index in [0.29, 0.717) is 18.1 Å². The molecule has 0 aliphatic heterocycles. The minimum Gasteiger partial charge on any atom is -0.301 e. The first kappa shape index (κ1) is 13.2. The Morgan fingerprint density at radius 2 is 2.28 bits per heavy atom. The van der Waals surface area contributed by atoms with Crippen LogP contribution in [-0.4, -0.2) is 16.0 Å². The first-order valence-corrected chi connectivity index (χ1v) is 6.90. The fourth-order valence-electron chi connectivity index (χ4n) is 1.50. The number of hydrogen-bond acceptors (Lipinski definition) is 2. The Balaban J connectivity index is 2.21. The van der Waals surface area contributed by atoms with Gasteiger partial charge in [0, 0.05) is 10.7 Å². The highest BCUT2D eigenvalue weighted by Crippen LogP contribution is 2.15. The molecule has 0 saturated carbocycles. The zero-order valence-corrected chi connectivity index (χ0v) is 12.7. The van der Waals surface area contributed by atoms with Gasteiger partial charge in [-0.1, -0.05) is 0 Å². The number of pyridine rings is 1. The van der Waals surface area contributed by atoms with Gasteiger partial charge in [-0.15, -0.1) is 4.68 Å². The van der Waals surface area contributed by atoms with Crippen molar-refractivity contribution in [2.45, 2.75) is 13.5 Å². The van der Waals surface area contributed by atoms with Crippen molar-refractivity contribution in [3.63, 3.8) is 0 Å². The Labute approximate surface area is 121 Å². The molecule has 2 aromatic rings. The van der Waals surface area contributed by atoms with Gasteiger partial charge >= 0.3 is 11.6 Å². The Bertz CT molecular complexity index is 565. The highest BCUT2D eigenvalue weighted by Gasteiger charge is 2.25. The summed E-state index contributed by atoms with van der Waals surface area (Å²) in [4.78, 5) is 16.2. The van der Waals surface area contributed by atoms with E-state index < -0.39 is 0 Å². The smallest absolute Gasteiger partial charge is 0.301 e. The van der Waals surface area contributed by atoms with Gasteiger partial charge in [-0.2, -0.15) is 5.10 Å². The van der Waals surface area contributed by atoms with Crippen molar-refractivity contribution in [3.8, 4) is 0 Å². The van der Waals surface area contributed by atoms with E-state index >= 15 is 0 Å². The lowest BCUT2D eigenvalue weighted by atomic mass is 10.4. The van der Waals surface area contributed by atoms with E-state index in [1.807, 2.05) is 13.0 Å². The van der Waals surface area contributed by atoms with E-state index in [-0.39, 0.29) is 5.91 Å². The molecule has 0 radical (unpaired) electrons. The maximum atomic E-state index is 12.1. The third-order valence-electron chi connectivity index (χ3n) is 2.34. The van der Waals surface area contributed by atoms with Crippen molar-refractivity contribution in [1.29, 1.82) is 0 Å². The maximum absolute atomic E-state index is 12.1. The van der Waals surface area contributed by atoms with Crippen LogP contribution in [0.25, 0.3) is 0 Å². The van der Waals surface area contributed by atoms with E-state index in [1.54, 1.807) is 23.1 Å². The van der Waals surface area contributed by atoms with Crippen LogP contribution in [0.5, 0.6) is 0 Å². The number of carbonyl (C=O) groups is 1. The maximum Gasteiger partial charge on any atom is 0.325 e. The van der Waals surface area contributed by atoms with Gasteiger partial charge in [-0.25, -0.2) is 4.98 Å². The van der Waals surface area contributed by atoms with Gasteiger partial charge in [0.2, 0.25) is 0 Å². The predicted molar refractivity (Wildman–Crippen MR) is 74.3 cm³/mol. The molecule has 0 saturated heterocycles. The van der Waals surface area contributed by atoms with Gasteiger partial charge in [0.25, 0.3) is 0 Å². The van der Waals surface area contributed by atoms with E-state index in [1.165, 1.54) is 0 Å². The summed E-state index contributed by atoms with van der Waals surface area (Å²) in [7, 11) is 0. The van der Waals surface area contributed by atoms with Crippen LogP contribution < -0.4 is 10.00 Å². The van der Waals surface area contributed by atoms with E-state index in [4.69, 9.17) is 0 Å². The van der Waals surface area contributed by atoms with Crippen molar-refractivity contribution in [2.75, 3.05) is 5.32 Å². The largest absolute Gasteiger partial charge is 0.325 e.